The summed E-state index contributed by atoms with van der Waals surface area (Å²) in [7, 11) is 2.06. The number of nitro groups is 1. The number of rotatable bonds is 16. The zero-order chi connectivity index (χ0) is 25.5. The van der Waals surface area contributed by atoms with Crippen LogP contribution in [0.4, 0.5) is 5.69 Å². The van der Waals surface area contributed by atoms with Crippen molar-refractivity contribution in [1.29, 1.82) is 0 Å². The number of benzene rings is 1. The number of unbranched alkanes of at least 4 members (excludes halogenated alkanes) is 11. The summed E-state index contributed by atoms with van der Waals surface area (Å²) in [6.45, 7) is 5.37. The smallest absolute Gasteiger partial charge is 0.285 e. The van der Waals surface area contributed by atoms with Crippen LogP contribution in [-0.2, 0) is 4.79 Å². The molecule has 0 radical (unpaired) electrons. The second-order valence-electron chi connectivity index (χ2n) is 10.0. The lowest BCUT2D eigenvalue weighted by Crippen LogP contribution is -2.48. The molecule has 1 amide bonds. The second-order valence-corrected chi connectivity index (χ2v) is 10.0. The largest absolute Gasteiger partial charge is 0.340 e. The number of amides is 1. The molecule has 1 aromatic carbocycles. The molecule has 0 N–H and O–H groups in total. The maximum Gasteiger partial charge on any atom is 0.285 e. The van der Waals surface area contributed by atoms with Gasteiger partial charge in [-0.05, 0) is 25.1 Å². The molecule has 6 heteroatoms. The molecule has 0 aromatic heterocycles. The van der Waals surface area contributed by atoms with E-state index in [2.05, 4.69) is 24.8 Å². The molecule has 1 unspecified atom stereocenters. The van der Waals surface area contributed by atoms with Gasteiger partial charge in [0.2, 0.25) is 5.91 Å². The molecule has 0 aliphatic carbocycles. The van der Waals surface area contributed by atoms with Crippen LogP contribution in [-0.4, -0.2) is 53.9 Å². The summed E-state index contributed by atoms with van der Waals surface area (Å²) in [5.41, 5.74) is 0.883. The highest BCUT2D eigenvalue weighted by molar-refractivity contribution is 5.84. The Labute approximate surface area is 212 Å². The molecule has 1 fully saturated rings. The van der Waals surface area contributed by atoms with Crippen molar-refractivity contribution in [2.45, 2.75) is 96.3 Å². The fourth-order valence-corrected chi connectivity index (χ4v) is 4.91. The number of terminal acetylenes is 1. The number of carbonyl (C=O) groups excluding carboxylic acids is 1. The standard InChI is InChI=1S/C29H45N3O3/c1-4-6-7-8-9-10-11-12-13-14-15-16-17-27(29(33)31-22-20-30(3)21-23-31)26-19-18-25(5-2)28(24-26)32(34)35/h2,18-19,24,27H,4,6-17,20-23H2,1,3H3. The van der Waals surface area contributed by atoms with Crippen LogP contribution in [0.2, 0.25) is 0 Å². The van der Waals surface area contributed by atoms with Crippen molar-refractivity contribution in [2.75, 3.05) is 33.2 Å². The molecule has 6 nitrogen and oxygen atoms in total. The Balaban J connectivity index is 1.88. The maximum atomic E-state index is 13.5. The van der Waals surface area contributed by atoms with E-state index in [0.29, 0.717) is 18.7 Å². The Morgan fingerprint density at radius 1 is 0.971 bits per heavy atom. The van der Waals surface area contributed by atoms with Gasteiger partial charge >= 0.3 is 0 Å². The highest BCUT2D eigenvalue weighted by Crippen LogP contribution is 2.30. The third-order valence-electron chi connectivity index (χ3n) is 7.24. The molecule has 0 bridgehead atoms. The Morgan fingerprint density at radius 2 is 1.51 bits per heavy atom. The van der Waals surface area contributed by atoms with Crippen molar-refractivity contribution in [2.24, 2.45) is 0 Å². The average Bonchev–Trinajstić information content (AvgIpc) is 2.86. The normalized spacial score (nSPS) is 15.1. The number of piperazine rings is 1. The summed E-state index contributed by atoms with van der Waals surface area (Å²) in [5, 5.41) is 11.5. The highest BCUT2D eigenvalue weighted by atomic mass is 16.6. The van der Waals surface area contributed by atoms with Gasteiger partial charge in [-0.25, -0.2) is 0 Å². The number of nitro benzene ring substituents is 1. The average molecular weight is 484 g/mol. The van der Waals surface area contributed by atoms with E-state index in [1.54, 1.807) is 12.1 Å². The van der Waals surface area contributed by atoms with Gasteiger partial charge in [0.1, 0.15) is 5.56 Å². The molecule has 1 aliphatic heterocycles. The Hall–Kier alpha value is -2.39. The first-order chi connectivity index (χ1) is 17.0. The Bertz CT molecular complexity index is 825. The summed E-state index contributed by atoms with van der Waals surface area (Å²) in [6.07, 6.45) is 21.4. The van der Waals surface area contributed by atoms with Gasteiger partial charge in [-0.1, -0.05) is 96.0 Å². The first-order valence-corrected chi connectivity index (χ1v) is 13.7. The quantitative estimate of drug-likeness (QED) is 0.116. The number of hydrogen-bond acceptors (Lipinski definition) is 4. The summed E-state index contributed by atoms with van der Waals surface area (Å²) < 4.78 is 0. The first-order valence-electron chi connectivity index (χ1n) is 13.7. The van der Waals surface area contributed by atoms with Crippen LogP contribution in [0.1, 0.15) is 107 Å². The van der Waals surface area contributed by atoms with Gasteiger partial charge in [0.25, 0.3) is 5.69 Å². The highest BCUT2D eigenvalue weighted by Gasteiger charge is 2.29. The SMILES string of the molecule is C#Cc1ccc(C(CCCCCCCCCCCCCC)C(=O)N2CCN(C)CC2)cc1[N+](=O)[O-]. The van der Waals surface area contributed by atoms with E-state index in [0.717, 1.165) is 32.4 Å². The van der Waals surface area contributed by atoms with Gasteiger partial charge < -0.3 is 9.80 Å². The van der Waals surface area contributed by atoms with Crippen molar-refractivity contribution in [3.8, 4) is 12.3 Å². The van der Waals surface area contributed by atoms with Gasteiger partial charge in [0, 0.05) is 32.2 Å². The van der Waals surface area contributed by atoms with E-state index in [-0.39, 0.29) is 23.1 Å². The minimum absolute atomic E-state index is 0.0870. The van der Waals surface area contributed by atoms with E-state index in [9.17, 15) is 14.9 Å². The van der Waals surface area contributed by atoms with Gasteiger partial charge in [0.15, 0.2) is 0 Å². The second kappa shape index (κ2) is 16.3. The zero-order valence-electron chi connectivity index (χ0n) is 22.0. The van der Waals surface area contributed by atoms with E-state index >= 15 is 0 Å². The van der Waals surface area contributed by atoms with E-state index in [4.69, 9.17) is 6.42 Å². The summed E-state index contributed by atoms with van der Waals surface area (Å²) >= 11 is 0. The monoisotopic (exact) mass is 483 g/mol. The number of hydrogen-bond donors (Lipinski definition) is 0. The van der Waals surface area contributed by atoms with E-state index in [1.165, 1.54) is 70.3 Å². The van der Waals surface area contributed by atoms with Crippen molar-refractivity contribution < 1.29 is 9.72 Å². The van der Waals surface area contributed by atoms with Crippen LogP contribution in [0.3, 0.4) is 0 Å². The van der Waals surface area contributed by atoms with Crippen LogP contribution in [0.25, 0.3) is 0 Å². The van der Waals surface area contributed by atoms with Crippen LogP contribution >= 0.6 is 0 Å². The predicted molar refractivity (Wildman–Crippen MR) is 144 cm³/mol. The molecule has 2 rings (SSSR count). The van der Waals surface area contributed by atoms with Crippen LogP contribution < -0.4 is 0 Å². The molecule has 1 saturated heterocycles. The molecular weight excluding hydrogens is 438 g/mol. The van der Waals surface area contributed by atoms with Crippen LogP contribution in [0.15, 0.2) is 18.2 Å². The third-order valence-corrected chi connectivity index (χ3v) is 7.24. The lowest BCUT2D eigenvalue weighted by Gasteiger charge is -2.34. The molecular formula is C29H45N3O3. The Morgan fingerprint density at radius 3 is 2.03 bits per heavy atom. The number of nitrogens with zero attached hydrogens (tertiary/aromatic N) is 3. The van der Waals surface area contributed by atoms with E-state index in [1.807, 2.05) is 4.90 Å². The van der Waals surface area contributed by atoms with Crippen molar-refractivity contribution in [1.82, 2.24) is 9.80 Å². The molecule has 0 spiro atoms. The zero-order valence-corrected chi connectivity index (χ0v) is 22.0. The molecule has 1 aromatic rings. The predicted octanol–water partition coefficient (Wildman–Crippen LogP) is 6.52. The molecule has 194 valence electrons. The summed E-state index contributed by atoms with van der Waals surface area (Å²) in [6, 6.07) is 4.94. The molecule has 1 atom stereocenters. The topological polar surface area (TPSA) is 66.7 Å². The van der Waals surface area contributed by atoms with Gasteiger partial charge in [0.05, 0.1) is 10.8 Å². The van der Waals surface area contributed by atoms with Crippen molar-refractivity contribution in [3.05, 3.63) is 39.4 Å². The Kier molecular flexibility index (Phi) is 13.4. The number of likely N-dealkylation sites (N-methyl/N-ethyl adjacent to an activating group) is 1. The first kappa shape index (κ1) is 28.8. The van der Waals surface area contributed by atoms with E-state index < -0.39 is 4.92 Å². The third kappa shape index (κ3) is 10.0. The lowest BCUT2D eigenvalue weighted by molar-refractivity contribution is -0.385. The number of carbonyl (C=O) groups is 1. The lowest BCUT2D eigenvalue weighted by atomic mass is 9.90. The summed E-state index contributed by atoms with van der Waals surface area (Å²) in [4.78, 5) is 28.7. The molecule has 1 heterocycles. The fourth-order valence-electron chi connectivity index (χ4n) is 4.91. The molecule has 35 heavy (non-hydrogen) atoms. The van der Waals surface area contributed by atoms with Gasteiger partial charge in [-0.2, -0.15) is 0 Å². The fraction of sp³-hybridized carbons (Fsp3) is 0.690. The van der Waals surface area contributed by atoms with Crippen LogP contribution in [0.5, 0.6) is 0 Å². The van der Waals surface area contributed by atoms with Crippen molar-refractivity contribution >= 4 is 11.6 Å². The molecule has 1 aliphatic rings. The summed E-state index contributed by atoms with van der Waals surface area (Å²) in [5.74, 6) is 2.12. The minimum Gasteiger partial charge on any atom is -0.340 e. The maximum absolute atomic E-state index is 13.5. The van der Waals surface area contributed by atoms with Gasteiger partial charge in [-0.3, -0.25) is 14.9 Å². The molecule has 0 saturated carbocycles. The van der Waals surface area contributed by atoms with Crippen molar-refractivity contribution in [3.63, 3.8) is 0 Å². The minimum atomic E-state index is -0.445. The van der Waals surface area contributed by atoms with Crippen LogP contribution in [0, 0.1) is 22.5 Å². The van der Waals surface area contributed by atoms with Gasteiger partial charge in [-0.15, -0.1) is 6.42 Å².